The van der Waals surface area contributed by atoms with E-state index in [0.29, 0.717) is 5.92 Å². The lowest BCUT2D eigenvalue weighted by Gasteiger charge is -2.38. The minimum Gasteiger partial charge on any atom is -0.295 e. The van der Waals surface area contributed by atoms with Crippen molar-refractivity contribution in [3.05, 3.63) is 11.5 Å². The van der Waals surface area contributed by atoms with Gasteiger partial charge in [-0.2, -0.15) is 0 Å². The van der Waals surface area contributed by atoms with E-state index in [-0.39, 0.29) is 21.9 Å². The molecular formula is C14H22O2S. The zero-order valence-electron chi connectivity index (χ0n) is 11.2. The van der Waals surface area contributed by atoms with Crippen molar-refractivity contribution in [3.63, 3.8) is 0 Å². The molecule has 2 fully saturated rings. The molecular weight excluding hydrogens is 232 g/mol. The number of ketones is 1. The first-order valence-corrected chi connectivity index (χ1v) is 7.65. The van der Waals surface area contributed by atoms with Gasteiger partial charge in [0.2, 0.25) is 0 Å². The van der Waals surface area contributed by atoms with Crippen molar-refractivity contribution >= 4 is 16.6 Å². The zero-order valence-corrected chi connectivity index (χ0v) is 12.0. The molecule has 0 aliphatic heterocycles. The van der Waals surface area contributed by atoms with Gasteiger partial charge in [0, 0.05) is 21.5 Å². The van der Waals surface area contributed by atoms with Crippen molar-refractivity contribution in [2.24, 2.45) is 16.7 Å². The minimum absolute atomic E-state index is 0.0223. The Kier molecular flexibility index (Phi) is 3.09. The molecule has 0 radical (unpaired) electrons. The van der Waals surface area contributed by atoms with Crippen LogP contribution in [0.3, 0.4) is 0 Å². The Morgan fingerprint density at radius 2 is 2.00 bits per heavy atom. The Labute approximate surface area is 106 Å². The number of fused-ring (bicyclic) bond motifs is 2. The van der Waals surface area contributed by atoms with Crippen molar-refractivity contribution in [3.8, 4) is 0 Å². The highest BCUT2D eigenvalue weighted by Crippen LogP contribution is 2.66. The normalized spacial score (nSPS) is 40.9. The summed E-state index contributed by atoms with van der Waals surface area (Å²) in [7, 11) is -1.00. The van der Waals surface area contributed by atoms with Crippen LogP contribution in [0.2, 0.25) is 0 Å². The number of carbonyl (C=O) groups is 1. The molecule has 2 nitrogen and oxygen atoms in total. The van der Waals surface area contributed by atoms with Gasteiger partial charge in [-0.15, -0.1) is 0 Å². The summed E-state index contributed by atoms with van der Waals surface area (Å²) >= 11 is 0. The predicted molar refractivity (Wildman–Crippen MR) is 71.0 cm³/mol. The highest BCUT2D eigenvalue weighted by atomic mass is 32.2. The molecule has 2 saturated carbocycles. The molecule has 0 amide bonds. The highest BCUT2D eigenvalue weighted by Gasteiger charge is 2.62. The van der Waals surface area contributed by atoms with Gasteiger partial charge >= 0.3 is 0 Å². The molecule has 0 aromatic rings. The Hall–Kier alpha value is -0.440. The molecule has 2 aliphatic carbocycles. The van der Waals surface area contributed by atoms with E-state index in [1.807, 2.05) is 0 Å². The fourth-order valence-corrected chi connectivity index (χ4v) is 5.61. The van der Waals surface area contributed by atoms with E-state index in [0.717, 1.165) is 6.42 Å². The standard InChI is InChI=1S/C14H22O2S/c1-10(15)6-8-17(16)12-9-11-5-7-14(12,4)13(11,2)3/h6,8,11-12H,5,7,9H2,1-4H3/b8-6+/t11-,12-,14+,17?/m0/s1. The van der Waals surface area contributed by atoms with Crippen LogP contribution in [-0.4, -0.2) is 15.2 Å². The Morgan fingerprint density at radius 3 is 2.41 bits per heavy atom. The maximum atomic E-state index is 12.3. The van der Waals surface area contributed by atoms with Gasteiger partial charge in [-0.1, -0.05) is 20.8 Å². The molecule has 0 aromatic carbocycles. The summed E-state index contributed by atoms with van der Waals surface area (Å²) in [6.07, 6.45) is 4.96. The quantitative estimate of drug-likeness (QED) is 0.725. The first kappa shape index (κ1) is 13.0. The molecule has 2 rings (SSSR count). The lowest BCUT2D eigenvalue weighted by molar-refractivity contribution is -0.112. The third kappa shape index (κ3) is 1.83. The summed E-state index contributed by atoms with van der Waals surface area (Å²) in [5.74, 6) is 0.679. The van der Waals surface area contributed by atoms with Crippen molar-refractivity contribution in [1.82, 2.24) is 0 Å². The second-order valence-electron chi connectivity index (χ2n) is 6.34. The van der Waals surface area contributed by atoms with Crippen LogP contribution in [-0.2, 0) is 15.6 Å². The van der Waals surface area contributed by atoms with Crippen molar-refractivity contribution in [2.45, 2.75) is 52.2 Å². The number of rotatable bonds is 3. The van der Waals surface area contributed by atoms with Gasteiger partial charge < -0.3 is 0 Å². The van der Waals surface area contributed by atoms with Gasteiger partial charge in [0.05, 0.1) is 0 Å². The molecule has 4 atom stereocenters. The third-order valence-corrected chi connectivity index (χ3v) is 7.11. The second-order valence-corrected chi connectivity index (χ2v) is 7.84. The van der Waals surface area contributed by atoms with E-state index in [1.165, 1.54) is 25.8 Å². The average Bonchev–Trinajstić information content (AvgIpc) is 2.57. The molecule has 0 saturated heterocycles. The van der Waals surface area contributed by atoms with Crippen molar-refractivity contribution < 1.29 is 9.00 Å². The molecule has 17 heavy (non-hydrogen) atoms. The fourth-order valence-electron chi connectivity index (χ4n) is 3.74. The van der Waals surface area contributed by atoms with Crippen LogP contribution in [0.15, 0.2) is 11.5 Å². The summed E-state index contributed by atoms with van der Waals surface area (Å²) in [4.78, 5) is 10.9. The Bertz CT molecular complexity index is 397. The van der Waals surface area contributed by atoms with E-state index >= 15 is 0 Å². The lowest BCUT2D eigenvalue weighted by atomic mass is 9.71. The Balaban J connectivity index is 2.21. The van der Waals surface area contributed by atoms with Gasteiger partial charge in [-0.3, -0.25) is 9.00 Å². The van der Waals surface area contributed by atoms with E-state index < -0.39 is 10.8 Å². The van der Waals surface area contributed by atoms with E-state index in [9.17, 15) is 9.00 Å². The van der Waals surface area contributed by atoms with Gasteiger partial charge in [0.1, 0.15) is 0 Å². The van der Waals surface area contributed by atoms with E-state index in [1.54, 1.807) is 5.41 Å². The number of hydrogen-bond acceptors (Lipinski definition) is 2. The van der Waals surface area contributed by atoms with Crippen LogP contribution < -0.4 is 0 Å². The number of hydrogen-bond donors (Lipinski definition) is 0. The van der Waals surface area contributed by atoms with Gasteiger partial charge in [0.25, 0.3) is 0 Å². The van der Waals surface area contributed by atoms with Crippen molar-refractivity contribution in [1.29, 1.82) is 0 Å². The summed E-state index contributed by atoms with van der Waals surface area (Å²) in [6, 6.07) is 0. The SMILES string of the molecule is CC(=O)/C=C/S(=O)[C@H]1C[C@@H]2CC[C@@]1(C)C2(C)C. The smallest absolute Gasteiger partial charge is 0.153 e. The van der Waals surface area contributed by atoms with Gasteiger partial charge in [-0.25, -0.2) is 0 Å². The molecule has 0 spiro atoms. The topological polar surface area (TPSA) is 34.1 Å². The summed E-state index contributed by atoms with van der Waals surface area (Å²) < 4.78 is 12.3. The highest BCUT2D eigenvalue weighted by molar-refractivity contribution is 7.88. The number of carbonyl (C=O) groups excluding carboxylic acids is 1. The minimum atomic E-state index is -1.00. The van der Waals surface area contributed by atoms with Crippen LogP contribution in [0, 0.1) is 16.7 Å². The molecule has 96 valence electrons. The summed E-state index contributed by atoms with van der Waals surface area (Å²) in [5, 5.41) is 1.83. The van der Waals surface area contributed by atoms with Crippen LogP contribution in [0.5, 0.6) is 0 Å². The fraction of sp³-hybridized carbons (Fsp3) is 0.786. The first-order valence-electron chi connectivity index (χ1n) is 6.37. The van der Waals surface area contributed by atoms with Gasteiger partial charge in [0.15, 0.2) is 5.78 Å². The molecule has 3 heteroatoms. The maximum Gasteiger partial charge on any atom is 0.153 e. The summed E-state index contributed by atoms with van der Waals surface area (Å²) in [6.45, 7) is 8.41. The molecule has 1 unspecified atom stereocenters. The largest absolute Gasteiger partial charge is 0.295 e. The Morgan fingerprint density at radius 1 is 1.35 bits per heavy atom. The first-order chi connectivity index (χ1) is 7.79. The monoisotopic (exact) mass is 254 g/mol. The van der Waals surface area contributed by atoms with Crippen LogP contribution in [0.1, 0.15) is 47.0 Å². The van der Waals surface area contributed by atoms with Crippen molar-refractivity contribution in [2.75, 3.05) is 0 Å². The van der Waals surface area contributed by atoms with Gasteiger partial charge in [-0.05, 0) is 49.0 Å². The molecule has 0 N–H and O–H groups in total. The third-order valence-electron chi connectivity index (χ3n) is 5.43. The number of allylic oxidation sites excluding steroid dienone is 1. The molecule has 2 bridgehead atoms. The van der Waals surface area contributed by atoms with Crippen LogP contribution in [0.25, 0.3) is 0 Å². The predicted octanol–water partition coefficient (Wildman–Crippen LogP) is 3.05. The van der Waals surface area contributed by atoms with E-state index in [4.69, 9.17) is 0 Å². The van der Waals surface area contributed by atoms with E-state index in [2.05, 4.69) is 20.8 Å². The average molecular weight is 254 g/mol. The van der Waals surface area contributed by atoms with Crippen LogP contribution >= 0.6 is 0 Å². The lowest BCUT2D eigenvalue weighted by Crippen LogP contribution is -2.37. The second kappa shape index (κ2) is 4.04. The van der Waals surface area contributed by atoms with Crippen LogP contribution in [0.4, 0.5) is 0 Å². The molecule has 0 heterocycles. The summed E-state index contributed by atoms with van der Waals surface area (Å²) in [5.41, 5.74) is 0.459. The molecule has 0 aromatic heterocycles. The maximum absolute atomic E-state index is 12.3. The molecule has 2 aliphatic rings. The zero-order chi connectivity index (χ0) is 12.8.